The van der Waals surface area contributed by atoms with E-state index in [2.05, 4.69) is 5.32 Å². The average Bonchev–Trinajstić information content (AvgIpc) is 2.47. The van der Waals surface area contributed by atoms with Gasteiger partial charge < -0.3 is 14.8 Å². The number of rotatable bonds is 7. The lowest BCUT2D eigenvalue weighted by Crippen LogP contribution is -2.39. The number of ether oxygens (including phenoxy) is 2. The van der Waals surface area contributed by atoms with Gasteiger partial charge in [0.1, 0.15) is 5.75 Å². The Balaban J connectivity index is 2.40. The van der Waals surface area contributed by atoms with E-state index in [0.717, 1.165) is 0 Å². The van der Waals surface area contributed by atoms with E-state index in [0.29, 0.717) is 0 Å². The van der Waals surface area contributed by atoms with Crippen LogP contribution in [0.25, 0.3) is 0 Å². The maximum atomic E-state index is 11.6. The molecule has 23 heavy (non-hydrogen) atoms. The maximum absolute atomic E-state index is 11.6. The number of hydrogen-bond acceptors (Lipinski definition) is 4. The van der Waals surface area contributed by atoms with Crippen LogP contribution in [0.2, 0.25) is 15.1 Å². The van der Waals surface area contributed by atoms with Gasteiger partial charge in [0.15, 0.2) is 13.2 Å². The molecule has 1 amide bonds. The average molecular weight is 383 g/mol. The Morgan fingerprint density at radius 3 is 2.26 bits per heavy atom. The van der Waals surface area contributed by atoms with Gasteiger partial charge in [-0.3, -0.25) is 4.79 Å². The van der Waals surface area contributed by atoms with Crippen molar-refractivity contribution in [3.63, 3.8) is 0 Å². The van der Waals surface area contributed by atoms with Crippen LogP contribution >= 0.6 is 34.8 Å². The predicted octanol–water partition coefficient (Wildman–Crippen LogP) is 3.73. The zero-order valence-electron chi connectivity index (χ0n) is 13.0. The Bertz CT molecular complexity index is 578. The second-order valence-corrected chi connectivity index (χ2v) is 6.47. The summed E-state index contributed by atoms with van der Waals surface area (Å²) < 4.78 is 10.0. The molecule has 0 bridgehead atoms. The van der Waals surface area contributed by atoms with Gasteiger partial charge in [-0.05, 0) is 18.9 Å². The number of carbonyl (C=O) groups excluding carboxylic acids is 2. The standard InChI is InChI=1S/C15H18Cl3NO4/c1-8(2)9(3)19-14(20)6-23-15(21)7-22-13-5-11(17)10(16)4-12(13)18/h4-5,8-9H,6-7H2,1-3H3,(H,19,20)/t9-/m1/s1. The summed E-state index contributed by atoms with van der Waals surface area (Å²) in [5.74, 6) is -0.572. The van der Waals surface area contributed by atoms with Gasteiger partial charge in [-0.25, -0.2) is 4.79 Å². The van der Waals surface area contributed by atoms with Crippen molar-refractivity contribution in [3.05, 3.63) is 27.2 Å². The van der Waals surface area contributed by atoms with E-state index in [9.17, 15) is 9.59 Å². The first-order chi connectivity index (χ1) is 10.7. The second kappa shape index (κ2) is 9.21. The first-order valence-corrected chi connectivity index (χ1v) is 8.06. The largest absolute Gasteiger partial charge is 0.480 e. The summed E-state index contributed by atoms with van der Waals surface area (Å²) in [4.78, 5) is 23.2. The van der Waals surface area contributed by atoms with E-state index in [-0.39, 0.29) is 45.3 Å². The third-order valence-corrected chi connectivity index (χ3v) is 4.09. The van der Waals surface area contributed by atoms with Crippen molar-refractivity contribution in [2.45, 2.75) is 26.8 Å². The number of halogens is 3. The molecule has 0 heterocycles. The molecular weight excluding hydrogens is 365 g/mol. The normalized spacial score (nSPS) is 12.0. The van der Waals surface area contributed by atoms with Crippen LogP contribution in [0.5, 0.6) is 5.75 Å². The number of nitrogens with one attached hydrogen (secondary N) is 1. The number of esters is 1. The molecule has 0 aliphatic carbocycles. The zero-order valence-corrected chi connectivity index (χ0v) is 15.3. The van der Waals surface area contributed by atoms with E-state index in [1.807, 2.05) is 20.8 Å². The minimum absolute atomic E-state index is 0.00697. The molecule has 1 aromatic carbocycles. The van der Waals surface area contributed by atoms with E-state index in [4.69, 9.17) is 44.3 Å². The molecule has 1 N–H and O–H groups in total. The molecule has 0 fully saturated rings. The lowest BCUT2D eigenvalue weighted by molar-refractivity contribution is -0.150. The van der Waals surface area contributed by atoms with Crippen molar-refractivity contribution in [2.75, 3.05) is 13.2 Å². The van der Waals surface area contributed by atoms with Crippen molar-refractivity contribution in [1.29, 1.82) is 0 Å². The summed E-state index contributed by atoms with van der Waals surface area (Å²) in [5.41, 5.74) is 0. The highest BCUT2D eigenvalue weighted by molar-refractivity contribution is 6.43. The molecule has 8 heteroatoms. The molecule has 1 rings (SSSR count). The molecule has 0 radical (unpaired) electrons. The fourth-order valence-corrected chi connectivity index (χ4v) is 1.99. The van der Waals surface area contributed by atoms with Crippen LogP contribution in [0.4, 0.5) is 0 Å². The summed E-state index contributed by atoms with van der Waals surface area (Å²) in [6.07, 6.45) is 0. The molecule has 1 aromatic rings. The number of amides is 1. The maximum Gasteiger partial charge on any atom is 0.344 e. The smallest absolute Gasteiger partial charge is 0.344 e. The zero-order chi connectivity index (χ0) is 17.6. The molecule has 5 nitrogen and oxygen atoms in total. The van der Waals surface area contributed by atoms with Gasteiger partial charge >= 0.3 is 5.97 Å². The van der Waals surface area contributed by atoms with Gasteiger partial charge in [0.25, 0.3) is 5.91 Å². The van der Waals surface area contributed by atoms with Crippen molar-refractivity contribution >= 4 is 46.7 Å². The van der Waals surface area contributed by atoms with Crippen LogP contribution in [-0.4, -0.2) is 31.1 Å². The fourth-order valence-electron chi connectivity index (χ4n) is 1.40. The van der Waals surface area contributed by atoms with Crippen LogP contribution in [0, 0.1) is 5.92 Å². The third kappa shape index (κ3) is 6.85. The van der Waals surface area contributed by atoms with Crippen LogP contribution in [-0.2, 0) is 14.3 Å². The Morgan fingerprint density at radius 1 is 1.04 bits per heavy atom. The van der Waals surface area contributed by atoms with Crippen LogP contribution in [0.1, 0.15) is 20.8 Å². The summed E-state index contributed by atoms with van der Waals surface area (Å²) in [5, 5.41) is 3.47. The summed E-state index contributed by atoms with van der Waals surface area (Å²) >= 11 is 17.5. The topological polar surface area (TPSA) is 64.6 Å². The highest BCUT2D eigenvalue weighted by Gasteiger charge is 2.14. The molecule has 128 valence electrons. The molecule has 0 saturated heterocycles. The Morgan fingerprint density at radius 2 is 1.65 bits per heavy atom. The Kier molecular flexibility index (Phi) is 7.95. The molecule has 0 aromatic heterocycles. The van der Waals surface area contributed by atoms with Crippen LogP contribution < -0.4 is 10.1 Å². The molecule has 0 unspecified atom stereocenters. The van der Waals surface area contributed by atoms with Crippen molar-refractivity contribution < 1.29 is 19.1 Å². The SMILES string of the molecule is CC(C)[C@@H](C)NC(=O)COC(=O)COc1cc(Cl)c(Cl)cc1Cl. The molecule has 1 atom stereocenters. The van der Waals surface area contributed by atoms with E-state index >= 15 is 0 Å². The van der Waals surface area contributed by atoms with E-state index in [1.54, 1.807) is 0 Å². The quantitative estimate of drug-likeness (QED) is 0.576. The lowest BCUT2D eigenvalue weighted by Gasteiger charge is -2.17. The Labute approximate surface area is 150 Å². The molecule has 0 spiro atoms. The van der Waals surface area contributed by atoms with Crippen LogP contribution in [0.3, 0.4) is 0 Å². The predicted molar refractivity (Wildman–Crippen MR) is 90.4 cm³/mol. The van der Waals surface area contributed by atoms with Crippen molar-refractivity contribution in [1.82, 2.24) is 5.32 Å². The minimum atomic E-state index is -0.695. The molecule has 0 saturated carbocycles. The molecular formula is C15H18Cl3NO4. The van der Waals surface area contributed by atoms with Crippen LogP contribution in [0.15, 0.2) is 12.1 Å². The number of benzene rings is 1. The van der Waals surface area contributed by atoms with E-state index in [1.165, 1.54) is 12.1 Å². The summed E-state index contributed by atoms with van der Waals surface area (Å²) in [6.45, 7) is 5.07. The number of hydrogen-bond donors (Lipinski definition) is 1. The molecule has 0 aliphatic rings. The third-order valence-electron chi connectivity index (χ3n) is 3.07. The second-order valence-electron chi connectivity index (χ2n) is 5.25. The molecule has 0 aliphatic heterocycles. The van der Waals surface area contributed by atoms with Gasteiger partial charge in [0, 0.05) is 12.1 Å². The first-order valence-electron chi connectivity index (χ1n) is 6.93. The highest BCUT2D eigenvalue weighted by atomic mass is 35.5. The monoisotopic (exact) mass is 381 g/mol. The number of carbonyl (C=O) groups is 2. The van der Waals surface area contributed by atoms with Gasteiger partial charge in [-0.15, -0.1) is 0 Å². The van der Waals surface area contributed by atoms with Crippen molar-refractivity contribution in [2.24, 2.45) is 5.92 Å². The fraction of sp³-hybridized carbons (Fsp3) is 0.467. The first kappa shape index (κ1) is 19.9. The minimum Gasteiger partial charge on any atom is -0.480 e. The lowest BCUT2D eigenvalue weighted by atomic mass is 10.1. The van der Waals surface area contributed by atoms with Crippen molar-refractivity contribution in [3.8, 4) is 5.75 Å². The highest BCUT2D eigenvalue weighted by Crippen LogP contribution is 2.33. The van der Waals surface area contributed by atoms with Gasteiger partial charge in [-0.1, -0.05) is 48.7 Å². The van der Waals surface area contributed by atoms with Gasteiger partial charge in [0.05, 0.1) is 15.1 Å². The van der Waals surface area contributed by atoms with E-state index < -0.39 is 12.6 Å². The van der Waals surface area contributed by atoms with Gasteiger partial charge in [-0.2, -0.15) is 0 Å². The summed E-state index contributed by atoms with van der Waals surface area (Å²) in [6, 6.07) is 2.80. The van der Waals surface area contributed by atoms with Gasteiger partial charge in [0.2, 0.25) is 0 Å². The summed E-state index contributed by atoms with van der Waals surface area (Å²) in [7, 11) is 0. The Hall–Kier alpha value is -1.17.